The number of hydrogen-bond donors (Lipinski definition) is 0. The third-order valence-corrected chi connectivity index (χ3v) is 8.87. The van der Waals surface area contributed by atoms with Crippen molar-refractivity contribution in [3.8, 4) is 11.5 Å². The molecule has 8 rings (SSSR count). The number of anilines is 1. The first kappa shape index (κ1) is 25.9. The standard InChI is InChI=1S/C33H20Cl2N2O6/c34-20-10-12-25-21(14-20)29(38)28-30(43-25)31(39)37(15-18-9-11-26-27(13-18)42-17-41-26)33(28)22-6-2-4-8-24(22)36(32(33)40)16-19-5-1-3-7-23(19)35/h1-14H,15-17H2. The Morgan fingerprint density at radius 3 is 2.47 bits per heavy atom. The van der Waals surface area contributed by atoms with Gasteiger partial charge in [0.25, 0.3) is 11.8 Å². The van der Waals surface area contributed by atoms with Crippen LogP contribution in [-0.2, 0) is 23.4 Å². The molecule has 1 aromatic heterocycles. The van der Waals surface area contributed by atoms with E-state index in [1.165, 1.54) is 11.0 Å². The SMILES string of the molecule is O=C1c2oc3ccc(Cl)cc3c(=O)c2C2(C(=O)N(Cc3ccccc3Cl)c3ccccc32)N1Cc1ccc2c(c1)OCO2. The molecule has 0 saturated heterocycles. The van der Waals surface area contributed by atoms with E-state index >= 15 is 0 Å². The van der Waals surface area contributed by atoms with Crippen LogP contribution in [0, 0.1) is 0 Å². The fourth-order valence-electron chi connectivity index (χ4n) is 6.36. The average Bonchev–Trinajstić information content (AvgIpc) is 3.65. The Balaban J connectivity index is 1.39. The number of rotatable bonds is 4. The smallest absolute Gasteiger partial charge is 0.291 e. The Kier molecular flexibility index (Phi) is 5.63. The molecule has 1 spiro atoms. The molecular formula is C33H20Cl2N2O6. The van der Waals surface area contributed by atoms with Crippen LogP contribution in [0.1, 0.15) is 32.8 Å². The lowest BCUT2D eigenvalue weighted by Crippen LogP contribution is -2.52. The van der Waals surface area contributed by atoms with Crippen LogP contribution in [0.4, 0.5) is 5.69 Å². The van der Waals surface area contributed by atoms with Crippen LogP contribution >= 0.6 is 23.2 Å². The second-order valence-electron chi connectivity index (χ2n) is 10.6. The lowest BCUT2D eigenvalue weighted by atomic mass is 9.83. The average molecular weight is 611 g/mol. The number of nitrogens with zero attached hydrogens (tertiary/aromatic N) is 2. The number of para-hydroxylation sites is 1. The van der Waals surface area contributed by atoms with Crippen molar-refractivity contribution >= 4 is 51.7 Å². The quantitative estimate of drug-likeness (QED) is 0.238. The Morgan fingerprint density at radius 2 is 1.60 bits per heavy atom. The van der Waals surface area contributed by atoms with Crippen molar-refractivity contribution < 1.29 is 23.5 Å². The van der Waals surface area contributed by atoms with E-state index in [0.717, 1.165) is 0 Å². The maximum atomic E-state index is 15.0. The van der Waals surface area contributed by atoms with Gasteiger partial charge in [-0.1, -0.05) is 65.7 Å². The van der Waals surface area contributed by atoms with Gasteiger partial charge in [0.2, 0.25) is 12.6 Å². The summed E-state index contributed by atoms with van der Waals surface area (Å²) in [6, 6.07) is 24.4. The highest BCUT2D eigenvalue weighted by molar-refractivity contribution is 6.31. The minimum atomic E-state index is -1.81. The normalized spacial score (nSPS) is 18.2. The van der Waals surface area contributed by atoms with Crippen molar-refractivity contribution in [2.24, 2.45) is 0 Å². The number of benzene rings is 4. The number of carbonyl (C=O) groups is 2. The molecule has 5 aromatic rings. The van der Waals surface area contributed by atoms with Gasteiger partial charge in [0.05, 0.1) is 23.2 Å². The number of fused-ring (bicyclic) bond motifs is 6. The van der Waals surface area contributed by atoms with Crippen molar-refractivity contribution in [2.45, 2.75) is 18.6 Å². The van der Waals surface area contributed by atoms with Crippen LogP contribution in [-0.4, -0.2) is 23.5 Å². The fourth-order valence-corrected chi connectivity index (χ4v) is 6.73. The lowest BCUT2D eigenvalue weighted by molar-refractivity contribution is -0.126. The van der Waals surface area contributed by atoms with Crippen LogP contribution in [0.5, 0.6) is 11.5 Å². The van der Waals surface area contributed by atoms with E-state index in [4.69, 9.17) is 37.1 Å². The molecule has 3 aliphatic heterocycles. The van der Waals surface area contributed by atoms with Crippen LogP contribution in [0.3, 0.4) is 0 Å². The number of ether oxygens (including phenoxy) is 2. The predicted molar refractivity (Wildman–Crippen MR) is 160 cm³/mol. The highest BCUT2D eigenvalue weighted by Crippen LogP contribution is 2.53. The zero-order chi connectivity index (χ0) is 29.5. The van der Waals surface area contributed by atoms with Gasteiger partial charge in [-0.2, -0.15) is 0 Å². The number of amides is 2. The van der Waals surface area contributed by atoms with E-state index in [-0.39, 0.29) is 42.2 Å². The molecular weight excluding hydrogens is 591 g/mol. The van der Waals surface area contributed by atoms with Crippen LogP contribution in [0.2, 0.25) is 10.0 Å². The van der Waals surface area contributed by atoms with Crippen LogP contribution in [0.25, 0.3) is 11.0 Å². The third kappa shape index (κ3) is 3.60. The second-order valence-corrected chi connectivity index (χ2v) is 11.4. The summed E-state index contributed by atoms with van der Waals surface area (Å²) in [5.41, 5.74) is 0.317. The van der Waals surface area contributed by atoms with Gasteiger partial charge in [-0.05, 0) is 53.6 Å². The van der Waals surface area contributed by atoms with Gasteiger partial charge in [0.1, 0.15) is 5.58 Å². The van der Waals surface area contributed by atoms with E-state index in [9.17, 15) is 14.4 Å². The Bertz CT molecular complexity index is 2090. The van der Waals surface area contributed by atoms with Crippen molar-refractivity contribution in [3.05, 3.63) is 133 Å². The van der Waals surface area contributed by atoms with E-state index in [2.05, 4.69) is 0 Å². The van der Waals surface area contributed by atoms with Gasteiger partial charge < -0.3 is 23.7 Å². The topological polar surface area (TPSA) is 89.3 Å². The fraction of sp³-hybridized carbons (Fsp3) is 0.121. The second kappa shape index (κ2) is 9.36. The molecule has 1 atom stereocenters. The molecule has 1 unspecified atom stereocenters. The van der Waals surface area contributed by atoms with Gasteiger partial charge in [-0.25, -0.2) is 0 Å². The van der Waals surface area contributed by atoms with Gasteiger partial charge in [-0.3, -0.25) is 14.4 Å². The number of carbonyl (C=O) groups excluding carboxylic acids is 2. The molecule has 0 saturated carbocycles. The first-order valence-electron chi connectivity index (χ1n) is 13.5. The predicted octanol–water partition coefficient (Wildman–Crippen LogP) is 6.27. The molecule has 0 aliphatic carbocycles. The minimum absolute atomic E-state index is 0.0176. The molecule has 10 heteroatoms. The molecule has 4 heterocycles. The van der Waals surface area contributed by atoms with Gasteiger partial charge in [-0.15, -0.1) is 0 Å². The molecule has 0 radical (unpaired) electrons. The molecule has 212 valence electrons. The molecule has 2 amide bonds. The Labute approximate surface area is 254 Å². The van der Waals surface area contributed by atoms with Crippen molar-refractivity contribution in [3.63, 3.8) is 0 Å². The lowest BCUT2D eigenvalue weighted by Gasteiger charge is -2.34. The maximum Gasteiger partial charge on any atom is 0.291 e. The van der Waals surface area contributed by atoms with Gasteiger partial charge in [0, 0.05) is 22.2 Å². The summed E-state index contributed by atoms with van der Waals surface area (Å²) in [5.74, 6) is -0.103. The summed E-state index contributed by atoms with van der Waals surface area (Å²) in [4.78, 5) is 46.7. The molecule has 3 aliphatic rings. The highest BCUT2D eigenvalue weighted by Gasteiger charge is 2.65. The van der Waals surface area contributed by atoms with Crippen LogP contribution < -0.4 is 19.8 Å². The maximum absolute atomic E-state index is 15.0. The zero-order valence-electron chi connectivity index (χ0n) is 22.3. The molecule has 8 nitrogen and oxygen atoms in total. The largest absolute Gasteiger partial charge is 0.454 e. The van der Waals surface area contributed by atoms with E-state index in [0.29, 0.717) is 43.9 Å². The molecule has 0 N–H and O–H groups in total. The van der Waals surface area contributed by atoms with Crippen LogP contribution in [0.15, 0.2) is 94.1 Å². The minimum Gasteiger partial charge on any atom is -0.454 e. The summed E-state index contributed by atoms with van der Waals surface area (Å²) in [7, 11) is 0. The summed E-state index contributed by atoms with van der Waals surface area (Å²) >= 11 is 12.8. The van der Waals surface area contributed by atoms with E-state index in [1.807, 2.05) is 24.3 Å². The summed E-state index contributed by atoms with van der Waals surface area (Å²) in [6.45, 7) is 0.201. The zero-order valence-corrected chi connectivity index (χ0v) is 23.8. The number of hydrogen-bond acceptors (Lipinski definition) is 6. The summed E-state index contributed by atoms with van der Waals surface area (Å²) in [6.07, 6.45) is 0. The summed E-state index contributed by atoms with van der Waals surface area (Å²) in [5, 5.41) is 1.00. The molecule has 0 fully saturated rings. The third-order valence-electron chi connectivity index (χ3n) is 8.26. The number of halogens is 2. The van der Waals surface area contributed by atoms with E-state index in [1.54, 1.807) is 59.5 Å². The molecule has 43 heavy (non-hydrogen) atoms. The van der Waals surface area contributed by atoms with Crippen molar-refractivity contribution in [2.75, 3.05) is 11.7 Å². The first-order valence-corrected chi connectivity index (χ1v) is 14.3. The van der Waals surface area contributed by atoms with Gasteiger partial charge in [0.15, 0.2) is 22.5 Å². The van der Waals surface area contributed by atoms with Crippen molar-refractivity contribution in [1.29, 1.82) is 0 Å². The molecule has 4 aromatic carbocycles. The highest BCUT2D eigenvalue weighted by atomic mass is 35.5. The van der Waals surface area contributed by atoms with Crippen molar-refractivity contribution in [1.82, 2.24) is 4.90 Å². The first-order chi connectivity index (χ1) is 20.9. The Hall–Kier alpha value is -4.79. The molecule has 0 bridgehead atoms. The monoisotopic (exact) mass is 610 g/mol. The van der Waals surface area contributed by atoms with E-state index < -0.39 is 22.8 Å². The van der Waals surface area contributed by atoms with Gasteiger partial charge >= 0.3 is 0 Å². The Morgan fingerprint density at radius 1 is 0.814 bits per heavy atom. The summed E-state index contributed by atoms with van der Waals surface area (Å²) < 4.78 is 17.2.